The van der Waals surface area contributed by atoms with Crippen molar-refractivity contribution in [2.75, 3.05) is 20.8 Å². The third kappa shape index (κ3) is 4.56. The topological polar surface area (TPSA) is 64.6 Å². The van der Waals surface area contributed by atoms with Crippen molar-refractivity contribution in [3.8, 4) is 0 Å². The average Bonchev–Trinajstić information content (AvgIpc) is 2.54. The van der Waals surface area contributed by atoms with Crippen molar-refractivity contribution in [2.45, 2.75) is 32.2 Å². The zero-order valence-electron chi connectivity index (χ0n) is 13.7. The number of methoxy groups -OCH3 is 2. The number of carbonyl (C=O) groups excluding carboxylic acids is 2. The molecule has 1 N–H and O–H groups in total. The van der Waals surface area contributed by atoms with Gasteiger partial charge in [0, 0.05) is 11.5 Å². The molecule has 0 fully saturated rings. The van der Waals surface area contributed by atoms with Gasteiger partial charge in [0.1, 0.15) is 0 Å². The minimum Gasteiger partial charge on any atom is -0.469 e. The standard InChI is InChI=1S/C17H25NO4/c1-5-18-17(2,13-9-7-6-8-10-13)14(11-15(19)21-3)12-16(20)22-4/h6-10,14,18H,5,11-12H2,1-4H3. The summed E-state index contributed by atoms with van der Waals surface area (Å²) in [5.41, 5.74) is 0.493. The SMILES string of the molecule is CCNC(C)(c1ccccc1)C(CC(=O)OC)CC(=O)OC. The van der Waals surface area contributed by atoms with Gasteiger partial charge in [-0.25, -0.2) is 0 Å². The highest BCUT2D eigenvalue weighted by atomic mass is 16.5. The Labute approximate surface area is 132 Å². The Bertz CT molecular complexity index is 471. The second-order valence-electron chi connectivity index (χ2n) is 5.36. The molecule has 0 saturated carbocycles. The number of hydrogen-bond donors (Lipinski definition) is 1. The maximum Gasteiger partial charge on any atom is 0.305 e. The molecule has 0 aromatic heterocycles. The van der Waals surface area contributed by atoms with Gasteiger partial charge in [-0.2, -0.15) is 0 Å². The zero-order chi connectivity index (χ0) is 16.6. The van der Waals surface area contributed by atoms with Gasteiger partial charge in [0.15, 0.2) is 0 Å². The molecule has 122 valence electrons. The van der Waals surface area contributed by atoms with Gasteiger partial charge in [0.25, 0.3) is 0 Å². The summed E-state index contributed by atoms with van der Waals surface area (Å²) in [7, 11) is 2.70. The molecule has 1 aromatic rings. The molecule has 0 heterocycles. The van der Waals surface area contributed by atoms with E-state index in [1.807, 2.05) is 44.2 Å². The van der Waals surface area contributed by atoms with Crippen LogP contribution in [0.2, 0.25) is 0 Å². The van der Waals surface area contributed by atoms with Crippen LogP contribution in [-0.4, -0.2) is 32.7 Å². The summed E-state index contributed by atoms with van der Waals surface area (Å²) in [5, 5.41) is 3.42. The number of benzene rings is 1. The van der Waals surface area contributed by atoms with Crippen LogP contribution in [0.5, 0.6) is 0 Å². The Morgan fingerprint density at radius 1 is 1.09 bits per heavy atom. The van der Waals surface area contributed by atoms with E-state index in [1.165, 1.54) is 14.2 Å². The number of carbonyl (C=O) groups is 2. The van der Waals surface area contributed by atoms with Gasteiger partial charge >= 0.3 is 11.9 Å². The van der Waals surface area contributed by atoms with E-state index in [1.54, 1.807) is 0 Å². The molecular formula is C17H25NO4. The molecule has 1 atom stereocenters. The maximum absolute atomic E-state index is 11.8. The van der Waals surface area contributed by atoms with Gasteiger partial charge in [-0.15, -0.1) is 0 Å². The van der Waals surface area contributed by atoms with Gasteiger partial charge in [0.2, 0.25) is 0 Å². The van der Waals surface area contributed by atoms with Crippen molar-refractivity contribution in [3.63, 3.8) is 0 Å². The van der Waals surface area contributed by atoms with Gasteiger partial charge in [-0.1, -0.05) is 37.3 Å². The minimum absolute atomic E-state index is 0.143. The van der Waals surface area contributed by atoms with E-state index in [9.17, 15) is 9.59 Å². The van der Waals surface area contributed by atoms with Crippen LogP contribution in [0.3, 0.4) is 0 Å². The Hall–Kier alpha value is -1.88. The lowest BCUT2D eigenvalue weighted by molar-refractivity contribution is -0.145. The van der Waals surface area contributed by atoms with Gasteiger partial charge in [0.05, 0.1) is 27.1 Å². The van der Waals surface area contributed by atoms with E-state index < -0.39 is 5.54 Å². The molecule has 0 bridgehead atoms. The van der Waals surface area contributed by atoms with Crippen LogP contribution in [0.25, 0.3) is 0 Å². The number of ether oxygens (including phenoxy) is 2. The molecule has 5 nitrogen and oxygen atoms in total. The summed E-state index contributed by atoms with van der Waals surface area (Å²) < 4.78 is 9.57. The van der Waals surface area contributed by atoms with Crippen LogP contribution in [0.4, 0.5) is 0 Å². The van der Waals surface area contributed by atoms with Crippen LogP contribution in [0.15, 0.2) is 30.3 Å². The Morgan fingerprint density at radius 2 is 1.59 bits per heavy atom. The molecule has 0 aliphatic heterocycles. The Morgan fingerprint density at radius 3 is 2.00 bits per heavy atom. The van der Waals surface area contributed by atoms with E-state index in [0.29, 0.717) is 6.54 Å². The fourth-order valence-corrected chi connectivity index (χ4v) is 2.68. The summed E-state index contributed by atoms with van der Waals surface area (Å²) in [6, 6.07) is 9.80. The van der Waals surface area contributed by atoms with E-state index in [2.05, 4.69) is 5.32 Å². The van der Waals surface area contributed by atoms with Crippen molar-refractivity contribution in [3.05, 3.63) is 35.9 Å². The van der Waals surface area contributed by atoms with Crippen molar-refractivity contribution < 1.29 is 19.1 Å². The molecule has 1 aromatic carbocycles. The summed E-state index contributed by atoms with van der Waals surface area (Å²) in [6.45, 7) is 4.71. The number of nitrogens with one attached hydrogen (secondary N) is 1. The number of hydrogen-bond acceptors (Lipinski definition) is 5. The molecular weight excluding hydrogens is 282 g/mol. The van der Waals surface area contributed by atoms with Crippen molar-refractivity contribution in [1.29, 1.82) is 0 Å². The molecule has 22 heavy (non-hydrogen) atoms. The molecule has 0 amide bonds. The molecule has 0 radical (unpaired) electrons. The van der Waals surface area contributed by atoms with E-state index in [0.717, 1.165) is 5.56 Å². The number of rotatable bonds is 8. The molecule has 0 saturated heterocycles. The zero-order valence-corrected chi connectivity index (χ0v) is 13.7. The summed E-state index contributed by atoms with van der Waals surface area (Å²) in [4.78, 5) is 23.5. The van der Waals surface area contributed by atoms with Gasteiger partial charge in [-0.05, 0) is 19.0 Å². The van der Waals surface area contributed by atoms with Crippen molar-refractivity contribution in [1.82, 2.24) is 5.32 Å². The van der Waals surface area contributed by atoms with Gasteiger partial charge in [-0.3, -0.25) is 9.59 Å². The second kappa shape index (κ2) is 8.54. The smallest absolute Gasteiger partial charge is 0.305 e. The summed E-state index contributed by atoms with van der Waals surface area (Å²) in [6.07, 6.45) is 0.286. The highest BCUT2D eigenvalue weighted by molar-refractivity contribution is 5.73. The third-order valence-corrected chi connectivity index (χ3v) is 4.02. The lowest BCUT2D eigenvalue weighted by atomic mass is 9.76. The third-order valence-electron chi connectivity index (χ3n) is 4.02. The van der Waals surface area contributed by atoms with Crippen LogP contribution in [0, 0.1) is 5.92 Å². The van der Waals surface area contributed by atoms with Crippen molar-refractivity contribution >= 4 is 11.9 Å². The molecule has 1 rings (SSSR count). The lowest BCUT2D eigenvalue weighted by Crippen LogP contribution is -2.47. The Kier molecular flexibility index (Phi) is 7.05. The molecule has 0 spiro atoms. The van der Waals surface area contributed by atoms with Crippen LogP contribution >= 0.6 is 0 Å². The summed E-state index contributed by atoms with van der Waals surface area (Å²) in [5.74, 6) is -0.947. The van der Waals surface area contributed by atoms with Crippen LogP contribution < -0.4 is 5.32 Å². The van der Waals surface area contributed by atoms with E-state index in [-0.39, 0.29) is 30.7 Å². The van der Waals surface area contributed by atoms with Gasteiger partial charge < -0.3 is 14.8 Å². The minimum atomic E-state index is -0.529. The van der Waals surface area contributed by atoms with E-state index >= 15 is 0 Å². The first-order chi connectivity index (χ1) is 10.5. The number of esters is 2. The normalized spacial score (nSPS) is 13.5. The predicted molar refractivity (Wildman–Crippen MR) is 84.2 cm³/mol. The first-order valence-electron chi connectivity index (χ1n) is 7.42. The van der Waals surface area contributed by atoms with Crippen LogP contribution in [0.1, 0.15) is 32.3 Å². The fraction of sp³-hybridized carbons (Fsp3) is 0.529. The predicted octanol–water partition coefficient (Wildman–Crippen LogP) is 2.25. The largest absolute Gasteiger partial charge is 0.469 e. The van der Waals surface area contributed by atoms with Crippen LogP contribution in [-0.2, 0) is 24.6 Å². The average molecular weight is 307 g/mol. The second-order valence-corrected chi connectivity index (χ2v) is 5.36. The molecule has 5 heteroatoms. The molecule has 1 unspecified atom stereocenters. The molecule has 0 aliphatic carbocycles. The van der Waals surface area contributed by atoms with E-state index in [4.69, 9.17) is 9.47 Å². The fourth-order valence-electron chi connectivity index (χ4n) is 2.68. The molecule has 0 aliphatic rings. The quantitative estimate of drug-likeness (QED) is 0.746. The first-order valence-corrected chi connectivity index (χ1v) is 7.42. The maximum atomic E-state index is 11.8. The monoisotopic (exact) mass is 307 g/mol. The Balaban J connectivity index is 3.17. The first kappa shape index (κ1) is 18.2. The highest BCUT2D eigenvalue weighted by Gasteiger charge is 2.38. The summed E-state index contributed by atoms with van der Waals surface area (Å²) >= 11 is 0. The van der Waals surface area contributed by atoms with Crippen molar-refractivity contribution in [2.24, 2.45) is 5.92 Å². The highest BCUT2D eigenvalue weighted by Crippen LogP contribution is 2.34. The lowest BCUT2D eigenvalue weighted by Gasteiger charge is -2.38.